The lowest BCUT2D eigenvalue weighted by Crippen LogP contribution is -2.42. The van der Waals surface area contributed by atoms with E-state index >= 15 is 0 Å². The molecule has 0 aromatic heterocycles. The van der Waals surface area contributed by atoms with E-state index in [0.29, 0.717) is 23.3 Å². The smallest absolute Gasteiger partial charge is 0.0623 e. The van der Waals surface area contributed by atoms with Crippen molar-refractivity contribution in [3.8, 4) is 0 Å². The number of ether oxygens (including phenoxy) is 1. The van der Waals surface area contributed by atoms with E-state index in [-0.39, 0.29) is 0 Å². The molecule has 2 N–H and O–H groups in total. The van der Waals surface area contributed by atoms with Crippen LogP contribution in [0.25, 0.3) is 0 Å². The highest BCUT2D eigenvalue weighted by Crippen LogP contribution is 2.24. The van der Waals surface area contributed by atoms with Crippen molar-refractivity contribution in [1.29, 1.82) is 0 Å². The third kappa shape index (κ3) is 5.25. The van der Waals surface area contributed by atoms with Gasteiger partial charge in [-0.3, -0.25) is 0 Å². The third-order valence-corrected chi connectivity index (χ3v) is 4.19. The molecule has 1 aliphatic heterocycles. The molecule has 0 aromatic rings. The Balaban J connectivity index is 2.22. The van der Waals surface area contributed by atoms with E-state index in [2.05, 4.69) is 45.3 Å². The van der Waals surface area contributed by atoms with Crippen LogP contribution in [-0.4, -0.2) is 38.9 Å². The highest BCUT2D eigenvalue weighted by Gasteiger charge is 2.27. The molecule has 1 heterocycles. The predicted octanol–water partition coefficient (Wildman–Crippen LogP) is 2.27. The van der Waals surface area contributed by atoms with Crippen LogP contribution < -0.4 is 10.6 Å². The average molecular weight is 256 g/mol. The van der Waals surface area contributed by atoms with Crippen LogP contribution in [0.5, 0.6) is 0 Å². The molecule has 3 heteroatoms. The minimum Gasteiger partial charge on any atom is -0.379 e. The Morgan fingerprint density at radius 1 is 1.28 bits per heavy atom. The van der Waals surface area contributed by atoms with Gasteiger partial charge in [0, 0.05) is 18.5 Å². The van der Waals surface area contributed by atoms with Crippen molar-refractivity contribution in [2.24, 2.45) is 17.3 Å². The molecule has 18 heavy (non-hydrogen) atoms. The molecule has 1 saturated heterocycles. The molecule has 0 radical (unpaired) electrons. The van der Waals surface area contributed by atoms with Gasteiger partial charge in [0.05, 0.1) is 13.2 Å². The summed E-state index contributed by atoms with van der Waals surface area (Å²) in [5.74, 6) is 1.32. The van der Waals surface area contributed by atoms with Crippen LogP contribution in [0.15, 0.2) is 0 Å². The van der Waals surface area contributed by atoms with Gasteiger partial charge in [0.2, 0.25) is 0 Å². The Kier molecular flexibility index (Phi) is 6.61. The SMILES string of the molecule is CCCNC1COCC1CNCC(C)C(C)(C)C. The summed E-state index contributed by atoms with van der Waals surface area (Å²) in [6, 6.07) is 0.544. The molecule has 108 valence electrons. The highest BCUT2D eigenvalue weighted by molar-refractivity contribution is 4.83. The quantitative estimate of drug-likeness (QED) is 0.733. The van der Waals surface area contributed by atoms with E-state index in [4.69, 9.17) is 4.74 Å². The van der Waals surface area contributed by atoms with Crippen molar-refractivity contribution < 1.29 is 4.74 Å². The largest absolute Gasteiger partial charge is 0.379 e. The number of hydrogen-bond acceptors (Lipinski definition) is 3. The Morgan fingerprint density at radius 2 is 2.00 bits per heavy atom. The molecular formula is C15H32N2O. The second kappa shape index (κ2) is 7.46. The lowest BCUT2D eigenvalue weighted by molar-refractivity contribution is 0.181. The molecule has 3 unspecified atom stereocenters. The van der Waals surface area contributed by atoms with Crippen molar-refractivity contribution in [3.63, 3.8) is 0 Å². The van der Waals surface area contributed by atoms with Crippen LogP contribution in [0.4, 0.5) is 0 Å². The summed E-state index contributed by atoms with van der Waals surface area (Å²) in [7, 11) is 0. The van der Waals surface area contributed by atoms with Gasteiger partial charge in [-0.05, 0) is 30.8 Å². The minimum absolute atomic E-state index is 0.388. The van der Waals surface area contributed by atoms with Crippen molar-refractivity contribution in [1.82, 2.24) is 10.6 Å². The number of rotatable bonds is 7. The van der Waals surface area contributed by atoms with E-state index < -0.39 is 0 Å². The van der Waals surface area contributed by atoms with Crippen LogP contribution >= 0.6 is 0 Å². The zero-order chi connectivity index (χ0) is 13.6. The van der Waals surface area contributed by atoms with Crippen LogP contribution in [0.2, 0.25) is 0 Å². The summed E-state index contributed by atoms with van der Waals surface area (Å²) >= 11 is 0. The van der Waals surface area contributed by atoms with Crippen molar-refractivity contribution in [2.45, 2.75) is 47.1 Å². The molecule has 0 saturated carbocycles. The molecule has 1 aliphatic rings. The molecule has 1 fully saturated rings. The molecule has 1 rings (SSSR count). The first-order valence-electron chi connectivity index (χ1n) is 7.47. The third-order valence-electron chi connectivity index (χ3n) is 4.19. The lowest BCUT2D eigenvalue weighted by atomic mass is 9.82. The van der Waals surface area contributed by atoms with Gasteiger partial charge in [-0.1, -0.05) is 34.6 Å². The highest BCUT2D eigenvalue weighted by atomic mass is 16.5. The summed E-state index contributed by atoms with van der Waals surface area (Å²) in [6.45, 7) is 16.5. The van der Waals surface area contributed by atoms with Gasteiger partial charge in [-0.25, -0.2) is 0 Å². The fourth-order valence-electron chi connectivity index (χ4n) is 2.15. The van der Waals surface area contributed by atoms with Gasteiger partial charge in [0.15, 0.2) is 0 Å². The maximum absolute atomic E-state index is 5.59. The molecule has 0 aliphatic carbocycles. The summed E-state index contributed by atoms with van der Waals surface area (Å²) in [5.41, 5.74) is 0.388. The fraction of sp³-hybridized carbons (Fsp3) is 1.00. The average Bonchev–Trinajstić information content (AvgIpc) is 2.72. The van der Waals surface area contributed by atoms with Crippen LogP contribution in [0.1, 0.15) is 41.0 Å². The molecule has 0 amide bonds. The first kappa shape index (κ1) is 15.9. The van der Waals surface area contributed by atoms with Gasteiger partial charge >= 0.3 is 0 Å². The normalized spacial score (nSPS) is 26.5. The Morgan fingerprint density at radius 3 is 2.61 bits per heavy atom. The first-order chi connectivity index (χ1) is 8.45. The van der Waals surface area contributed by atoms with Crippen LogP contribution in [0.3, 0.4) is 0 Å². The van der Waals surface area contributed by atoms with Gasteiger partial charge in [0.25, 0.3) is 0 Å². The summed E-state index contributed by atoms with van der Waals surface area (Å²) in [4.78, 5) is 0. The lowest BCUT2D eigenvalue weighted by Gasteiger charge is -2.28. The Bertz CT molecular complexity index is 225. The van der Waals surface area contributed by atoms with E-state index in [1.165, 1.54) is 6.42 Å². The topological polar surface area (TPSA) is 33.3 Å². The van der Waals surface area contributed by atoms with Gasteiger partial charge in [-0.15, -0.1) is 0 Å². The van der Waals surface area contributed by atoms with Crippen LogP contribution in [-0.2, 0) is 4.74 Å². The Hall–Kier alpha value is -0.120. The second-order valence-corrected chi connectivity index (χ2v) is 6.78. The zero-order valence-electron chi connectivity index (χ0n) is 12.9. The first-order valence-corrected chi connectivity index (χ1v) is 7.47. The standard InChI is InChI=1S/C15H32N2O/c1-6-7-17-14-11-18-10-13(14)9-16-8-12(2)15(3,4)5/h12-14,16-17H,6-11H2,1-5H3. The second-order valence-electron chi connectivity index (χ2n) is 6.78. The molecule has 3 nitrogen and oxygen atoms in total. The van der Waals surface area contributed by atoms with Crippen LogP contribution in [0, 0.1) is 17.3 Å². The van der Waals surface area contributed by atoms with E-state index in [9.17, 15) is 0 Å². The maximum atomic E-state index is 5.59. The van der Waals surface area contributed by atoms with Gasteiger partial charge < -0.3 is 15.4 Å². The summed E-state index contributed by atoms with van der Waals surface area (Å²) in [6.07, 6.45) is 1.19. The van der Waals surface area contributed by atoms with Crippen molar-refractivity contribution in [2.75, 3.05) is 32.8 Å². The van der Waals surface area contributed by atoms with E-state index in [0.717, 1.165) is 32.8 Å². The summed E-state index contributed by atoms with van der Waals surface area (Å²) < 4.78 is 5.59. The monoisotopic (exact) mass is 256 g/mol. The summed E-state index contributed by atoms with van der Waals surface area (Å²) in [5, 5.41) is 7.20. The predicted molar refractivity (Wildman–Crippen MR) is 77.9 cm³/mol. The molecular weight excluding hydrogens is 224 g/mol. The van der Waals surface area contributed by atoms with Gasteiger partial charge in [-0.2, -0.15) is 0 Å². The molecule has 3 atom stereocenters. The van der Waals surface area contributed by atoms with E-state index in [1.807, 2.05) is 0 Å². The molecule has 0 bridgehead atoms. The van der Waals surface area contributed by atoms with E-state index in [1.54, 1.807) is 0 Å². The number of nitrogens with one attached hydrogen (secondary N) is 2. The zero-order valence-corrected chi connectivity index (χ0v) is 12.9. The maximum Gasteiger partial charge on any atom is 0.0623 e. The number of hydrogen-bond donors (Lipinski definition) is 2. The molecule has 0 spiro atoms. The minimum atomic E-state index is 0.388. The Labute approximate surface area is 113 Å². The fourth-order valence-corrected chi connectivity index (χ4v) is 2.15. The molecule has 0 aromatic carbocycles. The van der Waals surface area contributed by atoms with Gasteiger partial charge in [0.1, 0.15) is 0 Å². The van der Waals surface area contributed by atoms with Crippen molar-refractivity contribution >= 4 is 0 Å². The van der Waals surface area contributed by atoms with Crippen molar-refractivity contribution in [3.05, 3.63) is 0 Å².